The number of likely N-dealkylation sites (N-methyl/N-ethyl adjacent to an activating group) is 1. The number of phenols is 4. The molecule has 4 aliphatic carbocycles. The van der Waals surface area contributed by atoms with E-state index in [9.17, 15) is 45.0 Å². The highest BCUT2D eigenvalue weighted by Gasteiger charge is 2.49. The molecule has 9 atom stereocenters. The van der Waals surface area contributed by atoms with Gasteiger partial charge in [-0.15, -0.1) is 0 Å². The van der Waals surface area contributed by atoms with Crippen LogP contribution in [0.15, 0.2) is 84.9 Å². The number of aromatic hydroxyl groups is 4. The highest BCUT2D eigenvalue weighted by atomic mass is 35.5. The Kier molecular flexibility index (Phi) is 17.6. The van der Waals surface area contributed by atoms with Crippen molar-refractivity contribution in [3.63, 3.8) is 0 Å². The molecule has 9 unspecified atom stereocenters. The van der Waals surface area contributed by atoms with Crippen molar-refractivity contribution in [2.45, 2.75) is 113 Å². The topological polar surface area (TPSA) is 399 Å². The van der Waals surface area contributed by atoms with Crippen LogP contribution in [0.5, 0.6) is 46.0 Å². The van der Waals surface area contributed by atoms with E-state index in [1.54, 1.807) is 0 Å². The van der Waals surface area contributed by atoms with Crippen LogP contribution in [0, 0.1) is 35.5 Å². The van der Waals surface area contributed by atoms with Gasteiger partial charge in [0.15, 0.2) is 11.5 Å². The summed E-state index contributed by atoms with van der Waals surface area (Å²) in [5, 5.41) is 92.7. The van der Waals surface area contributed by atoms with Gasteiger partial charge in [-0.3, -0.25) is 38.4 Å². The van der Waals surface area contributed by atoms with Gasteiger partial charge in [-0.25, -0.2) is 0 Å². The molecule has 5 heterocycles. The molecule has 16 N–H and O–H groups in total. The number of aliphatic hydroxyl groups excluding tert-OH is 2. The smallest absolute Gasteiger partial charge is 0.248 e. The first kappa shape index (κ1) is 62.4. The van der Waals surface area contributed by atoms with Gasteiger partial charge < -0.3 is 88.4 Å². The van der Waals surface area contributed by atoms with Crippen molar-refractivity contribution in [3.8, 4) is 57.1 Å². The largest absolute Gasteiger partial charge is 0.508 e. The van der Waals surface area contributed by atoms with Gasteiger partial charge in [0, 0.05) is 23.7 Å². The number of aliphatic hydroxyl groups is 2. The summed E-state index contributed by atoms with van der Waals surface area (Å²) in [5.74, 6) is -10.9. The van der Waals surface area contributed by atoms with Crippen molar-refractivity contribution in [1.29, 1.82) is 0 Å². The first-order chi connectivity index (χ1) is 42.9. The first-order valence-electron chi connectivity index (χ1n) is 29.8. The number of phenolic OH excluding ortho intramolecular Hbond substituents is 4. The van der Waals surface area contributed by atoms with Crippen molar-refractivity contribution >= 4 is 58.9 Å². The molecule has 8 amide bonds. The number of carbonyl (C=O) groups excluding carboxylic acids is 8. The SMILES string of the molecule is CNC(CC(C)C)C(=O)NC1C(=O)NC(CC(N)=O)C(=O)NC2C(=O)NC3C(=O)NC(C(=O)NC(C(=O)NCC4C5CC6CC(C5)CC4C6)c4cc(O)cc(O)c4-c4c(O)cccc43)C(O)c3ccc(cc3)Oc3cc2cc(c3O)Oc2ccc(cc2Cl)C1O. The molecule has 0 aromatic heterocycles. The predicted molar refractivity (Wildman–Crippen MR) is 321 cm³/mol. The lowest BCUT2D eigenvalue weighted by Crippen LogP contribution is -2.59. The average Bonchev–Trinajstić information content (AvgIpc) is 1.15. The number of nitrogens with one attached hydrogen (secondary N) is 8. The number of amides is 8. The van der Waals surface area contributed by atoms with Crippen LogP contribution in [-0.2, 0) is 38.4 Å². The molecular formula is C64H70ClN9O16. The van der Waals surface area contributed by atoms with E-state index < -0.39 is 148 Å². The third-order valence-electron chi connectivity index (χ3n) is 18.2. The Morgan fingerprint density at radius 2 is 1.30 bits per heavy atom. The number of ether oxygens (including phenoxy) is 2. The first-order valence-corrected chi connectivity index (χ1v) is 30.2. The van der Waals surface area contributed by atoms with Gasteiger partial charge >= 0.3 is 0 Å². The molecule has 9 aliphatic rings. The molecule has 5 aliphatic heterocycles. The minimum absolute atomic E-state index is 0.0114. The van der Waals surface area contributed by atoms with E-state index in [4.69, 9.17) is 26.8 Å². The maximum Gasteiger partial charge on any atom is 0.248 e. The summed E-state index contributed by atoms with van der Waals surface area (Å²) in [6.45, 7) is 3.93. The van der Waals surface area contributed by atoms with E-state index in [1.165, 1.54) is 74.1 Å². The molecule has 0 saturated heterocycles. The van der Waals surface area contributed by atoms with Gasteiger partial charge in [0.05, 0.1) is 17.5 Å². The Hall–Kier alpha value is -9.17. The van der Waals surface area contributed by atoms with Gasteiger partial charge in [-0.1, -0.05) is 55.8 Å². The van der Waals surface area contributed by atoms with Gasteiger partial charge in [-0.2, -0.15) is 0 Å². The van der Waals surface area contributed by atoms with E-state index in [-0.39, 0.29) is 74.7 Å². The molecule has 4 saturated carbocycles. The molecule has 26 heteroatoms. The second-order valence-electron chi connectivity index (χ2n) is 24.7. The van der Waals surface area contributed by atoms with Gasteiger partial charge in [-0.05, 0) is 157 Å². The number of fused-ring (bicyclic) bond motifs is 14. The van der Waals surface area contributed by atoms with Crippen molar-refractivity contribution < 1.29 is 78.5 Å². The lowest BCUT2D eigenvalue weighted by atomic mass is 9.52. The number of halogens is 1. The summed E-state index contributed by atoms with van der Waals surface area (Å²) < 4.78 is 12.5. The maximum atomic E-state index is 15.8. The quantitative estimate of drug-likeness (QED) is 0.0944. The Balaban J connectivity index is 1.06. The van der Waals surface area contributed by atoms with E-state index in [0.29, 0.717) is 23.7 Å². The van der Waals surface area contributed by atoms with Crippen LogP contribution in [0.2, 0.25) is 5.02 Å². The molecule has 90 heavy (non-hydrogen) atoms. The third-order valence-corrected chi connectivity index (χ3v) is 18.5. The summed E-state index contributed by atoms with van der Waals surface area (Å²) in [5.41, 5.74) is 3.92. The Labute approximate surface area is 520 Å². The standard InChI is InChI=1S/C64H70ClN9O16/c1-26(2)13-40(67-3)58(82)73-54-56(80)30-9-12-44(39(65)19-30)90-46-21-33-20-45(57(46)81)89-35-10-7-29(8-11-35)55(79)53-64(88)72-52(60(84)68-25-38-31-15-27-14-28(17-31)18-32(38)16-27)37-22-34(75)23-43(77)49(37)48-36(5-4-6-42(48)76)51(62(86)74-53)71-61(85)50(33)70-59(83)41(24-47(66)78)69-63(54)87/h4-12,19-23,26-28,31-32,38,40-41,50-56,67,75-77,79-81H,13-18,24-25H2,1-3H3,(H2,66,78)(H,68,84)(H,69,87)(H,70,83)(H,71,85)(H,72,88)(H,73,82)(H,74,86). The summed E-state index contributed by atoms with van der Waals surface area (Å²) in [6, 6.07) is 3.99. The number of primary amides is 1. The Morgan fingerprint density at radius 3 is 1.96 bits per heavy atom. The minimum atomic E-state index is -2.15. The third kappa shape index (κ3) is 12.6. The number of hydrogen-bond acceptors (Lipinski definition) is 17. The molecule has 4 fully saturated rings. The summed E-state index contributed by atoms with van der Waals surface area (Å²) in [7, 11) is 1.52. The molecule has 0 radical (unpaired) electrons. The maximum absolute atomic E-state index is 15.8. The van der Waals surface area contributed by atoms with Crippen LogP contribution in [0.25, 0.3) is 11.1 Å². The normalized spacial score (nSPS) is 27.3. The van der Waals surface area contributed by atoms with Crippen LogP contribution < -0.4 is 57.7 Å². The number of rotatable bonds is 10. The fraction of sp³-hybridized carbons (Fsp3) is 0.406. The molecule has 0 spiro atoms. The van der Waals surface area contributed by atoms with E-state index in [1.807, 2.05) is 13.8 Å². The molecule has 25 nitrogen and oxygen atoms in total. The number of benzene rings is 5. The number of hydrogen-bond donors (Lipinski definition) is 15. The summed E-state index contributed by atoms with van der Waals surface area (Å²) in [4.78, 5) is 118. The van der Waals surface area contributed by atoms with Crippen LogP contribution >= 0.6 is 11.6 Å². The Bertz CT molecular complexity index is 3690. The highest BCUT2D eigenvalue weighted by Crippen LogP contribution is 2.57. The lowest BCUT2D eigenvalue weighted by Gasteiger charge is -2.54. The van der Waals surface area contributed by atoms with Crippen molar-refractivity contribution in [1.82, 2.24) is 42.5 Å². The Morgan fingerprint density at radius 1 is 0.656 bits per heavy atom. The molecule has 5 aromatic carbocycles. The van der Waals surface area contributed by atoms with E-state index in [0.717, 1.165) is 49.9 Å². The zero-order valence-electron chi connectivity index (χ0n) is 49.1. The summed E-state index contributed by atoms with van der Waals surface area (Å²) in [6.07, 6.45) is 0.712. The highest BCUT2D eigenvalue weighted by molar-refractivity contribution is 6.32. The van der Waals surface area contributed by atoms with Crippen LogP contribution in [0.3, 0.4) is 0 Å². The van der Waals surface area contributed by atoms with Crippen LogP contribution in [-0.4, -0.2) is 116 Å². The van der Waals surface area contributed by atoms with Gasteiger partial charge in [0.1, 0.15) is 77.2 Å². The zero-order chi connectivity index (χ0) is 64.1. The van der Waals surface area contributed by atoms with Gasteiger partial charge in [0.25, 0.3) is 0 Å². The van der Waals surface area contributed by atoms with Crippen molar-refractivity contribution in [3.05, 3.63) is 118 Å². The van der Waals surface area contributed by atoms with Crippen LogP contribution in [0.4, 0.5) is 0 Å². The molecular weight excluding hydrogens is 1190 g/mol. The number of nitrogens with two attached hydrogens (primary N) is 1. The molecule has 474 valence electrons. The zero-order valence-corrected chi connectivity index (χ0v) is 49.9. The molecule has 14 rings (SSSR count). The summed E-state index contributed by atoms with van der Waals surface area (Å²) >= 11 is 6.83. The fourth-order valence-corrected chi connectivity index (χ4v) is 14.3. The van der Waals surface area contributed by atoms with E-state index in [2.05, 4.69) is 42.5 Å². The van der Waals surface area contributed by atoms with Crippen LogP contribution in [0.1, 0.15) is 117 Å². The molecule has 13 bridgehead atoms. The monoisotopic (exact) mass is 1260 g/mol. The molecule has 5 aromatic rings. The van der Waals surface area contributed by atoms with Crippen molar-refractivity contribution in [2.24, 2.45) is 41.2 Å². The second-order valence-corrected chi connectivity index (χ2v) is 25.1. The van der Waals surface area contributed by atoms with Crippen molar-refractivity contribution in [2.75, 3.05) is 13.6 Å². The average molecular weight is 1260 g/mol. The minimum Gasteiger partial charge on any atom is -0.508 e. The number of carbonyl (C=O) groups is 8. The van der Waals surface area contributed by atoms with E-state index >= 15 is 24.0 Å². The second kappa shape index (κ2) is 25.4. The predicted octanol–water partition coefficient (Wildman–Crippen LogP) is 3.85. The fourth-order valence-electron chi connectivity index (χ4n) is 14.1. The lowest BCUT2D eigenvalue weighted by molar-refractivity contribution is -0.138. The van der Waals surface area contributed by atoms with Gasteiger partial charge in [0.2, 0.25) is 53.0 Å².